The molecule has 1 aromatic rings. The highest BCUT2D eigenvalue weighted by Crippen LogP contribution is 2.38. The Bertz CT molecular complexity index is 563. The Morgan fingerprint density at radius 1 is 1.43 bits per heavy atom. The highest BCUT2D eigenvalue weighted by Gasteiger charge is 2.50. The van der Waals surface area contributed by atoms with Gasteiger partial charge in [0.1, 0.15) is 5.82 Å². The third kappa shape index (κ3) is 2.37. The Kier molecular flexibility index (Phi) is 3.57. The molecule has 114 valence electrons. The number of carbonyl (C=O) groups is 1. The lowest BCUT2D eigenvalue weighted by atomic mass is 9.71. The van der Waals surface area contributed by atoms with E-state index in [-0.39, 0.29) is 5.91 Å². The maximum Gasteiger partial charge on any atom is 0.230 e. The highest BCUT2D eigenvalue weighted by molar-refractivity contribution is 5.85. The molecule has 1 amide bonds. The van der Waals surface area contributed by atoms with E-state index in [4.69, 9.17) is 0 Å². The van der Waals surface area contributed by atoms with Gasteiger partial charge in [-0.3, -0.25) is 9.78 Å². The van der Waals surface area contributed by atoms with E-state index in [1.165, 1.54) is 0 Å². The molecule has 1 spiro atoms. The third-order valence-electron chi connectivity index (χ3n) is 4.82. The summed E-state index contributed by atoms with van der Waals surface area (Å²) in [7, 11) is 0. The van der Waals surface area contributed by atoms with Crippen molar-refractivity contribution in [1.29, 1.82) is 0 Å². The van der Waals surface area contributed by atoms with Gasteiger partial charge in [-0.15, -0.1) is 0 Å². The number of anilines is 1. The molecule has 21 heavy (non-hydrogen) atoms. The van der Waals surface area contributed by atoms with E-state index < -0.39 is 11.5 Å². The van der Waals surface area contributed by atoms with Gasteiger partial charge in [0.05, 0.1) is 29.1 Å². The lowest BCUT2D eigenvalue weighted by Gasteiger charge is -2.47. The predicted octanol–water partition coefficient (Wildman–Crippen LogP) is 0.561. The fraction of sp³-hybridized carbons (Fsp3) is 0.667. The fourth-order valence-corrected chi connectivity index (χ4v) is 3.32. The molecular formula is C15H22N4O2. The summed E-state index contributed by atoms with van der Waals surface area (Å²) in [6.45, 7) is 5.79. The first kappa shape index (κ1) is 14.3. The van der Waals surface area contributed by atoms with Crippen LogP contribution in [0.4, 0.5) is 5.82 Å². The van der Waals surface area contributed by atoms with Gasteiger partial charge in [0.2, 0.25) is 5.91 Å². The number of hydrogen-bond acceptors (Lipinski definition) is 5. The molecule has 2 aliphatic rings. The Morgan fingerprint density at radius 3 is 2.95 bits per heavy atom. The number of piperidine rings is 2. The Hall–Kier alpha value is -1.69. The van der Waals surface area contributed by atoms with E-state index in [1.807, 2.05) is 13.8 Å². The first-order valence-corrected chi connectivity index (χ1v) is 7.54. The van der Waals surface area contributed by atoms with Crippen molar-refractivity contribution in [2.24, 2.45) is 5.41 Å². The van der Waals surface area contributed by atoms with Crippen LogP contribution in [-0.2, 0) is 4.79 Å². The van der Waals surface area contributed by atoms with Crippen molar-refractivity contribution in [1.82, 2.24) is 15.3 Å². The maximum atomic E-state index is 12.3. The molecule has 2 aliphatic heterocycles. The zero-order valence-electron chi connectivity index (χ0n) is 12.6. The second-order valence-corrected chi connectivity index (χ2v) is 6.14. The van der Waals surface area contributed by atoms with Crippen LogP contribution in [-0.4, -0.2) is 46.7 Å². The molecule has 6 heteroatoms. The zero-order chi connectivity index (χ0) is 15.0. The van der Waals surface area contributed by atoms with Gasteiger partial charge >= 0.3 is 0 Å². The van der Waals surface area contributed by atoms with E-state index in [0.717, 1.165) is 30.0 Å². The maximum absolute atomic E-state index is 12.3. The van der Waals surface area contributed by atoms with Crippen molar-refractivity contribution in [3.63, 3.8) is 0 Å². The van der Waals surface area contributed by atoms with Crippen LogP contribution in [0, 0.1) is 19.3 Å². The largest absolute Gasteiger partial charge is 0.392 e. The van der Waals surface area contributed by atoms with Crippen molar-refractivity contribution in [3.8, 4) is 0 Å². The molecule has 2 fully saturated rings. The standard InChI is InChI=1S/C15H22N4O2/c1-10-11(2)18-13(8-17-10)19-7-4-12(20)15(9-19)5-3-6-16-14(15)21/h8,12,20H,3-7,9H2,1-2H3,(H,16,21)/t12-,15-/m1/s1. The molecule has 0 aromatic carbocycles. The summed E-state index contributed by atoms with van der Waals surface area (Å²) in [5.41, 5.74) is 1.12. The van der Waals surface area contributed by atoms with Gasteiger partial charge < -0.3 is 15.3 Å². The number of nitrogens with zero attached hydrogens (tertiary/aromatic N) is 3. The van der Waals surface area contributed by atoms with Gasteiger partial charge in [-0.1, -0.05) is 0 Å². The van der Waals surface area contributed by atoms with Crippen LogP contribution in [0.3, 0.4) is 0 Å². The van der Waals surface area contributed by atoms with Crippen LogP contribution >= 0.6 is 0 Å². The molecular weight excluding hydrogens is 268 g/mol. The summed E-state index contributed by atoms with van der Waals surface area (Å²) in [6, 6.07) is 0. The van der Waals surface area contributed by atoms with Gasteiger partial charge in [0, 0.05) is 19.6 Å². The summed E-state index contributed by atoms with van der Waals surface area (Å²) >= 11 is 0. The average Bonchev–Trinajstić information content (AvgIpc) is 2.48. The number of amides is 1. The summed E-state index contributed by atoms with van der Waals surface area (Å²) in [6.07, 6.45) is 3.41. The first-order valence-electron chi connectivity index (χ1n) is 7.54. The summed E-state index contributed by atoms with van der Waals surface area (Å²) in [4.78, 5) is 23.4. The molecule has 0 bridgehead atoms. The summed E-state index contributed by atoms with van der Waals surface area (Å²) in [5.74, 6) is 0.769. The molecule has 0 unspecified atom stereocenters. The van der Waals surface area contributed by atoms with E-state index in [0.29, 0.717) is 26.1 Å². The fourth-order valence-electron chi connectivity index (χ4n) is 3.32. The van der Waals surface area contributed by atoms with Crippen molar-refractivity contribution >= 4 is 11.7 Å². The Morgan fingerprint density at radius 2 is 2.24 bits per heavy atom. The molecule has 3 heterocycles. The summed E-state index contributed by atoms with van der Waals surface area (Å²) < 4.78 is 0. The first-order chi connectivity index (χ1) is 10.0. The minimum atomic E-state index is -0.697. The predicted molar refractivity (Wildman–Crippen MR) is 79.0 cm³/mol. The lowest BCUT2D eigenvalue weighted by Crippen LogP contribution is -2.61. The van der Waals surface area contributed by atoms with Gasteiger partial charge in [-0.2, -0.15) is 0 Å². The van der Waals surface area contributed by atoms with Crippen molar-refractivity contribution in [2.45, 2.75) is 39.2 Å². The Balaban J connectivity index is 1.88. The molecule has 1 aromatic heterocycles. The van der Waals surface area contributed by atoms with Crippen molar-refractivity contribution < 1.29 is 9.90 Å². The van der Waals surface area contributed by atoms with Gasteiger partial charge in [-0.25, -0.2) is 4.98 Å². The monoisotopic (exact) mass is 290 g/mol. The minimum absolute atomic E-state index is 0.0252. The van der Waals surface area contributed by atoms with Crippen LogP contribution in [0.5, 0.6) is 0 Å². The van der Waals surface area contributed by atoms with Crippen LogP contribution < -0.4 is 10.2 Å². The van der Waals surface area contributed by atoms with E-state index in [1.54, 1.807) is 6.20 Å². The molecule has 6 nitrogen and oxygen atoms in total. The summed E-state index contributed by atoms with van der Waals surface area (Å²) in [5, 5.41) is 13.3. The van der Waals surface area contributed by atoms with Gasteiger partial charge in [-0.05, 0) is 33.1 Å². The van der Waals surface area contributed by atoms with Crippen molar-refractivity contribution in [3.05, 3.63) is 17.6 Å². The Labute approximate surface area is 124 Å². The molecule has 2 saturated heterocycles. The minimum Gasteiger partial charge on any atom is -0.392 e. The van der Waals surface area contributed by atoms with Crippen LogP contribution in [0.25, 0.3) is 0 Å². The van der Waals surface area contributed by atoms with E-state index >= 15 is 0 Å². The lowest BCUT2D eigenvalue weighted by molar-refractivity contribution is -0.142. The normalized spacial score (nSPS) is 29.6. The van der Waals surface area contributed by atoms with Crippen molar-refractivity contribution in [2.75, 3.05) is 24.5 Å². The molecule has 0 saturated carbocycles. The second kappa shape index (κ2) is 5.26. The smallest absolute Gasteiger partial charge is 0.230 e. The number of aliphatic hydroxyl groups excluding tert-OH is 1. The molecule has 2 N–H and O–H groups in total. The van der Waals surface area contributed by atoms with Crippen LogP contribution in [0.2, 0.25) is 0 Å². The second-order valence-electron chi connectivity index (χ2n) is 6.14. The third-order valence-corrected chi connectivity index (χ3v) is 4.82. The number of rotatable bonds is 1. The average molecular weight is 290 g/mol. The molecule has 0 aliphatic carbocycles. The molecule has 3 rings (SSSR count). The van der Waals surface area contributed by atoms with Gasteiger partial charge in [0.25, 0.3) is 0 Å². The number of aliphatic hydroxyl groups is 1. The highest BCUT2D eigenvalue weighted by atomic mass is 16.3. The quantitative estimate of drug-likeness (QED) is 0.790. The molecule has 2 atom stereocenters. The topological polar surface area (TPSA) is 78.4 Å². The SMILES string of the molecule is Cc1ncc(N2CC[C@@H](O)[C@@]3(CCCNC3=O)C2)nc1C. The van der Waals surface area contributed by atoms with Crippen LogP contribution in [0.15, 0.2) is 6.20 Å². The number of aryl methyl sites for hydroxylation is 2. The van der Waals surface area contributed by atoms with Crippen LogP contribution in [0.1, 0.15) is 30.7 Å². The van der Waals surface area contributed by atoms with E-state index in [9.17, 15) is 9.90 Å². The van der Waals surface area contributed by atoms with E-state index in [2.05, 4.69) is 20.2 Å². The van der Waals surface area contributed by atoms with Gasteiger partial charge in [0.15, 0.2) is 0 Å². The number of hydrogen-bond donors (Lipinski definition) is 2. The number of nitrogens with one attached hydrogen (secondary N) is 1. The molecule has 0 radical (unpaired) electrons. The number of carbonyl (C=O) groups excluding carboxylic acids is 1. The zero-order valence-corrected chi connectivity index (χ0v) is 12.6. The number of aromatic nitrogens is 2.